The molecule has 2 heteroatoms. The van der Waals surface area contributed by atoms with E-state index in [1.807, 2.05) is 24.3 Å². The lowest BCUT2D eigenvalue weighted by Gasteiger charge is -2.12. The summed E-state index contributed by atoms with van der Waals surface area (Å²) in [5, 5.41) is 22.7. The van der Waals surface area contributed by atoms with Crippen LogP contribution in [-0.2, 0) is 12.8 Å². The average Bonchev–Trinajstić information content (AvgIpc) is 2.59. The van der Waals surface area contributed by atoms with Crippen molar-refractivity contribution in [3.05, 3.63) is 35.4 Å². The Hall–Kier alpha value is -1.70. The average molecular weight is 328 g/mol. The van der Waals surface area contributed by atoms with Crippen LogP contribution in [-0.4, -0.2) is 10.2 Å². The van der Waals surface area contributed by atoms with Crippen molar-refractivity contribution in [3.63, 3.8) is 0 Å². The Morgan fingerprint density at radius 1 is 0.583 bits per heavy atom. The van der Waals surface area contributed by atoms with Crippen molar-refractivity contribution in [1.82, 2.24) is 0 Å². The summed E-state index contributed by atoms with van der Waals surface area (Å²) in [6.45, 7) is 4.41. The van der Waals surface area contributed by atoms with Gasteiger partial charge in [0.05, 0.1) is 0 Å². The van der Waals surface area contributed by atoms with Gasteiger partial charge in [0.25, 0.3) is 0 Å². The molecule has 0 spiro atoms. The van der Waals surface area contributed by atoms with Gasteiger partial charge in [0, 0.05) is 10.8 Å². The van der Waals surface area contributed by atoms with Crippen LogP contribution in [0.25, 0.3) is 10.8 Å². The number of benzene rings is 2. The molecule has 0 heterocycles. The predicted molar refractivity (Wildman–Crippen MR) is 103 cm³/mol. The second kappa shape index (κ2) is 9.56. The van der Waals surface area contributed by atoms with Crippen molar-refractivity contribution in [2.24, 2.45) is 0 Å². The van der Waals surface area contributed by atoms with E-state index in [1.165, 1.54) is 38.5 Å². The van der Waals surface area contributed by atoms with Gasteiger partial charge in [-0.1, -0.05) is 76.6 Å². The van der Waals surface area contributed by atoms with Gasteiger partial charge < -0.3 is 10.2 Å². The van der Waals surface area contributed by atoms with E-state index in [1.54, 1.807) is 0 Å². The third kappa shape index (κ3) is 4.66. The van der Waals surface area contributed by atoms with Gasteiger partial charge >= 0.3 is 0 Å². The van der Waals surface area contributed by atoms with Gasteiger partial charge in [-0.05, 0) is 36.8 Å². The maximum absolute atomic E-state index is 10.6. The molecule has 0 unspecified atom stereocenters. The SMILES string of the molecule is CCCCCCc1ccc2c(O)c(CCCCCC)ccc2c1O. The third-order valence-corrected chi connectivity index (χ3v) is 4.91. The molecular formula is C22H32O2. The smallest absolute Gasteiger partial charge is 0.126 e. The van der Waals surface area contributed by atoms with Crippen molar-refractivity contribution in [2.45, 2.75) is 78.1 Å². The van der Waals surface area contributed by atoms with Crippen molar-refractivity contribution in [2.75, 3.05) is 0 Å². The molecular weight excluding hydrogens is 296 g/mol. The van der Waals surface area contributed by atoms with Crippen LogP contribution < -0.4 is 0 Å². The molecule has 2 aromatic carbocycles. The highest BCUT2D eigenvalue weighted by Crippen LogP contribution is 2.37. The van der Waals surface area contributed by atoms with Crippen LogP contribution in [0.1, 0.15) is 76.3 Å². The Morgan fingerprint density at radius 3 is 1.38 bits per heavy atom. The van der Waals surface area contributed by atoms with E-state index in [4.69, 9.17) is 0 Å². The molecule has 0 radical (unpaired) electrons. The number of hydrogen-bond acceptors (Lipinski definition) is 2. The van der Waals surface area contributed by atoms with E-state index in [9.17, 15) is 10.2 Å². The van der Waals surface area contributed by atoms with Crippen molar-refractivity contribution in [3.8, 4) is 11.5 Å². The monoisotopic (exact) mass is 328 g/mol. The summed E-state index contributed by atoms with van der Waals surface area (Å²) in [6, 6.07) is 7.89. The molecule has 0 saturated carbocycles. The predicted octanol–water partition coefficient (Wildman–Crippen LogP) is 6.50. The molecule has 0 saturated heterocycles. The summed E-state index contributed by atoms with van der Waals surface area (Å²) in [7, 11) is 0. The highest BCUT2D eigenvalue weighted by Gasteiger charge is 2.12. The van der Waals surface area contributed by atoms with E-state index in [0.29, 0.717) is 11.5 Å². The van der Waals surface area contributed by atoms with Gasteiger partial charge in [0.1, 0.15) is 11.5 Å². The summed E-state index contributed by atoms with van der Waals surface area (Å²) in [6.07, 6.45) is 11.4. The molecule has 0 bridgehead atoms. The second-order valence-electron chi connectivity index (χ2n) is 6.86. The van der Waals surface area contributed by atoms with Crippen LogP contribution in [0.15, 0.2) is 24.3 Å². The number of phenols is 2. The largest absolute Gasteiger partial charge is 0.507 e. The lowest BCUT2D eigenvalue weighted by atomic mass is 9.96. The van der Waals surface area contributed by atoms with E-state index < -0.39 is 0 Å². The van der Waals surface area contributed by atoms with Crippen molar-refractivity contribution < 1.29 is 10.2 Å². The molecule has 24 heavy (non-hydrogen) atoms. The fourth-order valence-electron chi connectivity index (χ4n) is 3.35. The number of aromatic hydroxyl groups is 2. The minimum absolute atomic E-state index is 0.344. The Bertz CT molecular complexity index is 589. The molecule has 0 aromatic heterocycles. The Morgan fingerprint density at radius 2 is 1.00 bits per heavy atom. The maximum atomic E-state index is 10.6. The first-order valence-corrected chi connectivity index (χ1v) is 9.64. The number of hydrogen-bond donors (Lipinski definition) is 2. The van der Waals surface area contributed by atoms with Gasteiger partial charge in [-0.15, -0.1) is 0 Å². The molecule has 0 aliphatic heterocycles. The van der Waals surface area contributed by atoms with E-state index in [-0.39, 0.29) is 0 Å². The van der Waals surface area contributed by atoms with E-state index >= 15 is 0 Å². The van der Waals surface area contributed by atoms with Crippen LogP contribution in [0.2, 0.25) is 0 Å². The van der Waals surface area contributed by atoms with Crippen LogP contribution in [0.5, 0.6) is 11.5 Å². The highest BCUT2D eigenvalue weighted by atomic mass is 16.3. The normalized spacial score (nSPS) is 11.2. The molecule has 2 N–H and O–H groups in total. The number of unbranched alkanes of at least 4 members (excludes halogenated alkanes) is 6. The zero-order chi connectivity index (χ0) is 17.4. The summed E-state index contributed by atoms with van der Waals surface area (Å²) in [5.41, 5.74) is 1.99. The van der Waals surface area contributed by atoms with Gasteiger partial charge in [-0.3, -0.25) is 0 Å². The molecule has 0 aliphatic rings. The molecule has 132 valence electrons. The quantitative estimate of drug-likeness (QED) is 0.489. The molecule has 0 atom stereocenters. The van der Waals surface area contributed by atoms with Gasteiger partial charge in [0.2, 0.25) is 0 Å². The van der Waals surface area contributed by atoms with Crippen molar-refractivity contribution in [1.29, 1.82) is 0 Å². The Balaban J connectivity index is 2.13. The molecule has 2 aromatic rings. The first kappa shape index (κ1) is 18.6. The number of rotatable bonds is 10. The molecule has 0 amide bonds. The number of fused-ring (bicyclic) bond motifs is 1. The Kier molecular flexibility index (Phi) is 7.42. The molecule has 0 fully saturated rings. The summed E-state index contributed by atoms with van der Waals surface area (Å²) in [4.78, 5) is 0. The van der Waals surface area contributed by atoms with Crippen LogP contribution in [0, 0.1) is 0 Å². The third-order valence-electron chi connectivity index (χ3n) is 4.91. The molecule has 0 aliphatic carbocycles. The first-order valence-electron chi connectivity index (χ1n) is 9.64. The van der Waals surface area contributed by atoms with Crippen LogP contribution >= 0.6 is 0 Å². The zero-order valence-electron chi connectivity index (χ0n) is 15.3. The number of aryl methyl sites for hydroxylation is 2. The molecule has 2 rings (SSSR count). The number of phenolic OH excluding ortho intramolecular Hbond substituents is 2. The lowest BCUT2D eigenvalue weighted by molar-refractivity contribution is 0.466. The van der Waals surface area contributed by atoms with Gasteiger partial charge in [-0.2, -0.15) is 0 Å². The first-order chi connectivity index (χ1) is 11.7. The van der Waals surface area contributed by atoms with Gasteiger partial charge in [0.15, 0.2) is 0 Å². The van der Waals surface area contributed by atoms with Crippen molar-refractivity contribution >= 4 is 10.8 Å². The summed E-state index contributed by atoms with van der Waals surface area (Å²) < 4.78 is 0. The standard InChI is InChI=1S/C22H32O2/c1-3-5-7-9-11-17-13-15-20-19(21(17)23)16-14-18(22(20)24)12-10-8-6-4-2/h13-16,23-24H,3-12H2,1-2H3. The topological polar surface area (TPSA) is 40.5 Å². The van der Waals surface area contributed by atoms with Crippen LogP contribution in [0.3, 0.4) is 0 Å². The van der Waals surface area contributed by atoms with Crippen LogP contribution in [0.4, 0.5) is 0 Å². The lowest BCUT2D eigenvalue weighted by Crippen LogP contribution is -1.91. The van der Waals surface area contributed by atoms with E-state index in [2.05, 4.69) is 13.8 Å². The zero-order valence-corrected chi connectivity index (χ0v) is 15.3. The fraction of sp³-hybridized carbons (Fsp3) is 0.545. The Labute approximate surface area is 146 Å². The maximum Gasteiger partial charge on any atom is 0.126 e. The minimum Gasteiger partial charge on any atom is -0.507 e. The second-order valence-corrected chi connectivity index (χ2v) is 6.86. The summed E-state index contributed by atoms with van der Waals surface area (Å²) >= 11 is 0. The molecule has 2 nitrogen and oxygen atoms in total. The fourth-order valence-corrected chi connectivity index (χ4v) is 3.35. The summed E-state index contributed by atoms with van der Waals surface area (Å²) in [5.74, 6) is 0.689. The van der Waals surface area contributed by atoms with Gasteiger partial charge in [-0.25, -0.2) is 0 Å². The van der Waals surface area contributed by atoms with E-state index in [0.717, 1.165) is 47.6 Å². The highest BCUT2D eigenvalue weighted by molar-refractivity contribution is 5.94. The minimum atomic E-state index is 0.344.